The number of nitrogens with one attached hydrogen (secondary N) is 1. The molecule has 1 atom stereocenters. The zero-order chi connectivity index (χ0) is 16.2. The Hall–Kier alpha value is -2.31. The largest absolute Gasteiger partial charge is 0.508 e. The fourth-order valence-corrected chi connectivity index (χ4v) is 1.57. The van der Waals surface area contributed by atoms with E-state index in [4.69, 9.17) is 14.9 Å². The van der Waals surface area contributed by atoms with Crippen LogP contribution in [0.25, 0.3) is 0 Å². The van der Waals surface area contributed by atoms with Gasteiger partial charge in [0.15, 0.2) is 0 Å². The Morgan fingerprint density at radius 2 is 2.00 bits per heavy atom. The number of hydrogen-bond donors (Lipinski definition) is 3. The first-order chi connectivity index (χ1) is 9.58. The van der Waals surface area contributed by atoms with Crippen molar-refractivity contribution >= 4 is 12.1 Å². The van der Waals surface area contributed by atoms with Crippen LogP contribution in [0, 0.1) is 5.82 Å². The molecular weight excluding hydrogens is 281 g/mol. The van der Waals surface area contributed by atoms with Crippen LogP contribution in [0.5, 0.6) is 5.75 Å². The summed E-state index contributed by atoms with van der Waals surface area (Å²) in [4.78, 5) is 22.7. The molecule has 0 bridgehead atoms. The molecule has 7 heteroatoms. The molecule has 0 aromatic heterocycles. The highest BCUT2D eigenvalue weighted by Crippen LogP contribution is 2.17. The first kappa shape index (κ1) is 16.7. The number of alkyl carbamates (subject to hydrolysis) is 1. The number of carbonyl (C=O) groups is 2. The van der Waals surface area contributed by atoms with Gasteiger partial charge in [-0.2, -0.15) is 0 Å². The summed E-state index contributed by atoms with van der Waals surface area (Å²) in [6.07, 6.45) is -1.16. The predicted octanol–water partition coefficient (Wildman–Crippen LogP) is 2.05. The van der Waals surface area contributed by atoms with Gasteiger partial charge in [-0.1, -0.05) is 6.07 Å². The Balaban J connectivity index is 2.79. The van der Waals surface area contributed by atoms with Gasteiger partial charge in [0, 0.05) is 12.5 Å². The van der Waals surface area contributed by atoms with Crippen molar-refractivity contribution in [3.05, 3.63) is 29.6 Å². The average Bonchev–Trinajstić information content (AvgIpc) is 2.28. The zero-order valence-corrected chi connectivity index (χ0v) is 12.0. The summed E-state index contributed by atoms with van der Waals surface area (Å²) in [7, 11) is 0. The SMILES string of the molecule is CC(C)(C)OC(=O)N[C@H](Cc1ccc(O)cc1F)C(=O)O. The smallest absolute Gasteiger partial charge is 0.408 e. The van der Waals surface area contributed by atoms with Gasteiger partial charge in [0.2, 0.25) is 0 Å². The minimum absolute atomic E-state index is 0.0660. The maximum absolute atomic E-state index is 13.6. The van der Waals surface area contributed by atoms with Crippen LogP contribution in [0.3, 0.4) is 0 Å². The summed E-state index contributed by atoms with van der Waals surface area (Å²) in [6.45, 7) is 4.92. The van der Waals surface area contributed by atoms with Crippen molar-refractivity contribution in [1.82, 2.24) is 5.32 Å². The molecule has 116 valence electrons. The van der Waals surface area contributed by atoms with Crippen LogP contribution < -0.4 is 5.32 Å². The third-order valence-electron chi connectivity index (χ3n) is 2.45. The third-order valence-corrected chi connectivity index (χ3v) is 2.45. The van der Waals surface area contributed by atoms with Gasteiger partial charge in [0.05, 0.1) is 0 Å². The molecule has 0 fully saturated rings. The molecule has 0 saturated carbocycles. The second-order valence-electron chi connectivity index (χ2n) is 5.52. The first-order valence-electron chi connectivity index (χ1n) is 6.28. The molecule has 1 aromatic rings. The van der Waals surface area contributed by atoms with Gasteiger partial charge in [-0.25, -0.2) is 14.0 Å². The van der Waals surface area contributed by atoms with Crippen LogP contribution in [0.15, 0.2) is 18.2 Å². The van der Waals surface area contributed by atoms with Crippen LogP contribution in [0.2, 0.25) is 0 Å². The summed E-state index contributed by atoms with van der Waals surface area (Å²) < 4.78 is 18.5. The second kappa shape index (κ2) is 6.43. The lowest BCUT2D eigenvalue weighted by Gasteiger charge is -2.22. The molecule has 0 spiro atoms. The molecule has 3 N–H and O–H groups in total. The van der Waals surface area contributed by atoms with E-state index in [1.54, 1.807) is 20.8 Å². The number of carbonyl (C=O) groups excluding carboxylic acids is 1. The highest BCUT2D eigenvalue weighted by molar-refractivity contribution is 5.80. The van der Waals surface area contributed by atoms with E-state index in [1.807, 2.05) is 0 Å². The molecule has 1 rings (SSSR count). The maximum atomic E-state index is 13.6. The standard InChI is InChI=1S/C14H18FNO5/c1-14(2,3)21-13(20)16-11(12(18)19)6-8-4-5-9(17)7-10(8)15/h4-5,7,11,17H,6H2,1-3H3,(H,16,20)(H,18,19)/t11-/m1/s1. The minimum atomic E-state index is -1.33. The van der Waals surface area contributed by atoms with Gasteiger partial charge in [0.1, 0.15) is 23.2 Å². The Kier molecular flexibility index (Phi) is 5.12. The lowest BCUT2D eigenvalue weighted by Crippen LogP contribution is -2.44. The highest BCUT2D eigenvalue weighted by Gasteiger charge is 2.25. The van der Waals surface area contributed by atoms with Crippen LogP contribution >= 0.6 is 0 Å². The molecule has 0 aliphatic rings. The number of aliphatic carboxylic acids is 1. The summed E-state index contributed by atoms with van der Waals surface area (Å²) in [5.41, 5.74) is -0.701. The lowest BCUT2D eigenvalue weighted by molar-refractivity contribution is -0.139. The fourth-order valence-electron chi connectivity index (χ4n) is 1.57. The van der Waals surface area contributed by atoms with Crippen LogP contribution in [0.4, 0.5) is 9.18 Å². The molecule has 0 unspecified atom stereocenters. The van der Waals surface area contributed by atoms with Crippen LogP contribution in [0.1, 0.15) is 26.3 Å². The third kappa shape index (κ3) is 5.68. The van der Waals surface area contributed by atoms with Crippen molar-refractivity contribution in [2.75, 3.05) is 0 Å². The number of phenolic OH excluding ortho intramolecular Hbond substituents is 1. The van der Waals surface area contributed by atoms with Gasteiger partial charge >= 0.3 is 12.1 Å². The number of rotatable bonds is 4. The summed E-state index contributed by atoms with van der Waals surface area (Å²) in [5.74, 6) is -2.32. The van der Waals surface area contributed by atoms with Crippen molar-refractivity contribution in [3.8, 4) is 5.75 Å². The van der Waals surface area contributed by atoms with E-state index >= 15 is 0 Å². The van der Waals surface area contributed by atoms with Gasteiger partial charge < -0.3 is 20.3 Å². The first-order valence-corrected chi connectivity index (χ1v) is 6.28. The molecule has 21 heavy (non-hydrogen) atoms. The van der Waals surface area contributed by atoms with Gasteiger partial charge in [-0.05, 0) is 32.4 Å². The van der Waals surface area contributed by atoms with Crippen molar-refractivity contribution < 1.29 is 28.9 Å². The number of carboxylic acids is 1. The van der Waals surface area contributed by atoms with Crippen LogP contribution in [-0.4, -0.2) is 33.9 Å². The normalized spacial score (nSPS) is 12.6. The van der Waals surface area contributed by atoms with Crippen molar-refractivity contribution in [2.24, 2.45) is 0 Å². The summed E-state index contributed by atoms with van der Waals surface area (Å²) >= 11 is 0. The number of phenols is 1. The Morgan fingerprint density at radius 3 is 2.48 bits per heavy atom. The molecule has 0 aliphatic heterocycles. The van der Waals surface area contributed by atoms with Crippen LogP contribution in [-0.2, 0) is 16.0 Å². The number of ether oxygens (including phenoxy) is 1. The molecule has 0 radical (unpaired) electrons. The molecule has 0 saturated heterocycles. The molecule has 1 aromatic carbocycles. The van der Waals surface area contributed by atoms with E-state index in [1.165, 1.54) is 12.1 Å². The summed E-state index contributed by atoms with van der Waals surface area (Å²) in [6, 6.07) is 2.04. The fraction of sp³-hybridized carbons (Fsp3) is 0.429. The molecular formula is C14H18FNO5. The van der Waals surface area contributed by atoms with Gasteiger partial charge in [0.25, 0.3) is 0 Å². The van der Waals surface area contributed by atoms with Crippen molar-refractivity contribution in [3.63, 3.8) is 0 Å². The zero-order valence-electron chi connectivity index (χ0n) is 12.0. The van der Waals surface area contributed by atoms with Gasteiger partial charge in [-0.3, -0.25) is 0 Å². The quantitative estimate of drug-likeness (QED) is 0.790. The minimum Gasteiger partial charge on any atom is -0.508 e. The molecule has 1 amide bonds. The van der Waals surface area contributed by atoms with Crippen molar-refractivity contribution in [1.29, 1.82) is 0 Å². The monoisotopic (exact) mass is 299 g/mol. The van der Waals surface area contributed by atoms with Gasteiger partial charge in [-0.15, -0.1) is 0 Å². The molecule has 0 aliphatic carbocycles. The van der Waals surface area contributed by atoms with Crippen molar-refractivity contribution in [2.45, 2.75) is 38.8 Å². The van der Waals surface area contributed by atoms with E-state index in [-0.39, 0.29) is 17.7 Å². The average molecular weight is 299 g/mol. The molecule has 6 nitrogen and oxygen atoms in total. The Bertz CT molecular complexity index is 539. The van der Waals surface area contributed by atoms with E-state index in [9.17, 15) is 14.0 Å². The number of halogens is 1. The molecule has 0 heterocycles. The number of carboxylic acid groups (broad SMARTS) is 1. The lowest BCUT2D eigenvalue weighted by atomic mass is 10.1. The highest BCUT2D eigenvalue weighted by atomic mass is 19.1. The van der Waals surface area contributed by atoms with E-state index in [0.717, 1.165) is 6.07 Å². The van der Waals surface area contributed by atoms with E-state index in [0.29, 0.717) is 0 Å². The topological polar surface area (TPSA) is 95.9 Å². The van der Waals surface area contributed by atoms with E-state index < -0.39 is 29.5 Å². The Morgan fingerprint density at radius 1 is 1.38 bits per heavy atom. The maximum Gasteiger partial charge on any atom is 0.408 e. The number of amides is 1. The predicted molar refractivity (Wildman–Crippen MR) is 72.6 cm³/mol. The number of hydrogen-bond acceptors (Lipinski definition) is 4. The summed E-state index contributed by atoms with van der Waals surface area (Å²) in [5, 5.41) is 20.4. The number of aromatic hydroxyl groups is 1. The Labute approximate surface area is 121 Å². The number of benzene rings is 1. The second-order valence-corrected chi connectivity index (χ2v) is 5.52. The van der Waals surface area contributed by atoms with E-state index in [2.05, 4.69) is 5.32 Å².